The summed E-state index contributed by atoms with van der Waals surface area (Å²) in [6.07, 6.45) is 3.31. The molecule has 1 saturated heterocycles. The van der Waals surface area contributed by atoms with Crippen LogP contribution in [-0.4, -0.2) is 52.6 Å². The Morgan fingerprint density at radius 1 is 1.28 bits per heavy atom. The van der Waals surface area contributed by atoms with E-state index in [9.17, 15) is 9.59 Å². The summed E-state index contributed by atoms with van der Waals surface area (Å²) in [6.45, 7) is 3.15. The van der Waals surface area contributed by atoms with E-state index in [4.69, 9.17) is 9.47 Å². The summed E-state index contributed by atoms with van der Waals surface area (Å²) in [4.78, 5) is 31.0. The molecule has 2 aliphatic heterocycles. The Morgan fingerprint density at radius 2 is 2.14 bits per heavy atom. The van der Waals surface area contributed by atoms with Gasteiger partial charge in [-0.2, -0.15) is 0 Å². The molecule has 2 aliphatic rings. The van der Waals surface area contributed by atoms with Crippen LogP contribution in [-0.2, 0) is 9.59 Å². The smallest absolute Gasteiger partial charge is 0.236 e. The maximum Gasteiger partial charge on any atom is 0.236 e. The summed E-state index contributed by atoms with van der Waals surface area (Å²) < 4.78 is 10.7. The molecule has 0 saturated carbocycles. The minimum absolute atomic E-state index is 0.120. The largest absolute Gasteiger partial charge is 0.454 e. The lowest BCUT2D eigenvalue weighted by molar-refractivity contribution is -0.131. The van der Waals surface area contributed by atoms with Gasteiger partial charge in [0.05, 0.1) is 17.2 Å². The molecule has 7 nitrogen and oxygen atoms in total. The molecule has 4 rings (SSSR count). The molecule has 1 atom stereocenters. The molecule has 29 heavy (non-hydrogen) atoms. The van der Waals surface area contributed by atoms with Crippen LogP contribution in [0.15, 0.2) is 23.6 Å². The fourth-order valence-corrected chi connectivity index (χ4v) is 4.89. The minimum Gasteiger partial charge on any atom is -0.454 e. The number of thioether (sulfide) groups is 1. The number of carbonyl (C=O) groups excluding carboxylic acids is 2. The highest BCUT2D eigenvalue weighted by Crippen LogP contribution is 2.36. The molecule has 2 aromatic rings. The second kappa shape index (κ2) is 9.04. The van der Waals surface area contributed by atoms with Gasteiger partial charge in [0.15, 0.2) is 16.6 Å². The Balaban J connectivity index is 1.25. The van der Waals surface area contributed by atoms with E-state index in [0.29, 0.717) is 22.7 Å². The maximum atomic E-state index is 12.3. The number of benzene rings is 1. The number of thiazole rings is 1. The monoisotopic (exact) mass is 433 g/mol. The summed E-state index contributed by atoms with van der Waals surface area (Å²) >= 11 is 2.71. The van der Waals surface area contributed by atoms with E-state index < -0.39 is 0 Å². The number of likely N-dealkylation sites (tertiary alicyclic amines) is 1. The number of piperidine rings is 1. The summed E-state index contributed by atoms with van der Waals surface area (Å²) in [5.41, 5.74) is 1.67. The molecule has 1 fully saturated rings. The van der Waals surface area contributed by atoms with Gasteiger partial charge in [-0.05, 0) is 44.4 Å². The Hall–Kier alpha value is -2.26. The quantitative estimate of drug-likeness (QED) is 0.750. The highest BCUT2D eigenvalue weighted by Gasteiger charge is 2.23. The number of hydrogen-bond donors (Lipinski definition) is 1. The number of nitrogens with one attached hydrogen (secondary N) is 1. The zero-order valence-corrected chi connectivity index (χ0v) is 17.8. The van der Waals surface area contributed by atoms with Crippen molar-refractivity contribution < 1.29 is 19.1 Å². The van der Waals surface area contributed by atoms with Crippen molar-refractivity contribution in [2.24, 2.45) is 0 Å². The topological polar surface area (TPSA) is 80.8 Å². The second-order valence-electron chi connectivity index (χ2n) is 7.08. The van der Waals surface area contributed by atoms with E-state index in [2.05, 4.69) is 17.2 Å². The van der Waals surface area contributed by atoms with Crippen molar-refractivity contribution in [2.75, 3.05) is 30.2 Å². The van der Waals surface area contributed by atoms with Crippen molar-refractivity contribution in [3.05, 3.63) is 23.6 Å². The second-order valence-corrected chi connectivity index (χ2v) is 8.92. The highest BCUT2D eigenvalue weighted by atomic mass is 32.2. The van der Waals surface area contributed by atoms with Gasteiger partial charge in [-0.15, -0.1) is 23.1 Å². The number of amides is 2. The van der Waals surface area contributed by atoms with E-state index in [1.807, 2.05) is 28.5 Å². The van der Waals surface area contributed by atoms with Gasteiger partial charge in [0, 0.05) is 23.5 Å². The van der Waals surface area contributed by atoms with Crippen molar-refractivity contribution >= 4 is 40.0 Å². The fourth-order valence-electron chi connectivity index (χ4n) is 3.46. The first-order valence-corrected chi connectivity index (χ1v) is 11.7. The number of aromatic nitrogens is 1. The molecule has 0 aliphatic carbocycles. The first-order valence-electron chi connectivity index (χ1n) is 9.63. The average Bonchev–Trinajstić information content (AvgIpc) is 3.36. The fraction of sp³-hybridized carbons (Fsp3) is 0.450. The van der Waals surface area contributed by atoms with Crippen molar-refractivity contribution in [1.29, 1.82) is 0 Å². The molecule has 2 amide bonds. The van der Waals surface area contributed by atoms with Crippen molar-refractivity contribution in [2.45, 2.75) is 32.2 Å². The first-order chi connectivity index (χ1) is 14.1. The number of rotatable bonds is 6. The lowest BCUT2D eigenvalue weighted by Crippen LogP contribution is -2.43. The van der Waals surface area contributed by atoms with E-state index in [0.717, 1.165) is 36.4 Å². The van der Waals surface area contributed by atoms with Crippen molar-refractivity contribution in [3.63, 3.8) is 0 Å². The molecular formula is C20H23N3O4S2. The van der Waals surface area contributed by atoms with Gasteiger partial charge < -0.3 is 19.7 Å². The number of carbonyl (C=O) groups is 2. The van der Waals surface area contributed by atoms with Gasteiger partial charge in [-0.3, -0.25) is 9.59 Å². The normalized spacial score (nSPS) is 18.0. The molecule has 1 N–H and O–H groups in total. The number of fused-ring (bicyclic) bond motifs is 1. The zero-order chi connectivity index (χ0) is 20.2. The van der Waals surface area contributed by atoms with Crippen LogP contribution < -0.4 is 14.8 Å². The third-order valence-corrected chi connectivity index (χ3v) is 6.68. The first kappa shape index (κ1) is 20.0. The molecule has 1 aromatic heterocycles. The number of hydrogen-bond acceptors (Lipinski definition) is 7. The Morgan fingerprint density at radius 3 is 3.00 bits per heavy atom. The number of anilines is 1. The lowest BCUT2D eigenvalue weighted by Gasteiger charge is -2.33. The summed E-state index contributed by atoms with van der Waals surface area (Å²) in [7, 11) is 0. The zero-order valence-electron chi connectivity index (χ0n) is 16.2. The van der Waals surface area contributed by atoms with E-state index in [1.54, 1.807) is 0 Å². The Labute approximate surface area is 177 Å². The minimum atomic E-state index is -0.152. The van der Waals surface area contributed by atoms with Gasteiger partial charge in [0.2, 0.25) is 18.6 Å². The van der Waals surface area contributed by atoms with Gasteiger partial charge >= 0.3 is 0 Å². The van der Waals surface area contributed by atoms with Gasteiger partial charge in [0.25, 0.3) is 0 Å². The third kappa shape index (κ3) is 4.84. The van der Waals surface area contributed by atoms with Gasteiger partial charge in [0.1, 0.15) is 0 Å². The molecule has 3 heterocycles. The molecule has 9 heteroatoms. The van der Waals surface area contributed by atoms with Gasteiger partial charge in [-0.25, -0.2) is 4.98 Å². The summed E-state index contributed by atoms with van der Waals surface area (Å²) in [6, 6.07) is 5.95. The molecular weight excluding hydrogens is 410 g/mol. The molecule has 1 aromatic carbocycles. The highest BCUT2D eigenvalue weighted by molar-refractivity contribution is 8.00. The van der Waals surface area contributed by atoms with Crippen LogP contribution in [0.3, 0.4) is 0 Å². The van der Waals surface area contributed by atoms with Crippen LogP contribution in [0, 0.1) is 0 Å². The molecule has 0 spiro atoms. The van der Waals surface area contributed by atoms with Crippen molar-refractivity contribution in [1.82, 2.24) is 9.88 Å². The number of nitrogens with zero attached hydrogens (tertiary/aromatic N) is 2. The van der Waals surface area contributed by atoms with Crippen LogP contribution in [0.4, 0.5) is 5.13 Å². The predicted molar refractivity (Wildman–Crippen MR) is 115 cm³/mol. The van der Waals surface area contributed by atoms with Crippen LogP contribution in [0.2, 0.25) is 0 Å². The maximum absolute atomic E-state index is 12.3. The van der Waals surface area contributed by atoms with Crippen LogP contribution in [0.25, 0.3) is 11.3 Å². The van der Waals surface area contributed by atoms with E-state index in [-0.39, 0.29) is 24.4 Å². The molecule has 1 unspecified atom stereocenters. The third-order valence-electron chi connectivity index (χ3n) is 5.00. The lowest BCUT2D eigenvalue weighted by atomic mass is 10.0. The van der Waals surface area contributed by atoms with E-state index in [1.165, 1.54) is 29.5 Å². The van der Waals surface area contributed by atoms with Crippen LogP contribution in [0.1, 0.15) is 26.2 Å². The van der Waals surface area contributed by atoms with E-state index >= 15 is 0 Å². The number of ether oxygens (including phenoxy) is 2. The standard InChI is InChI=1S/C20H23N3O4S2/c1-13-4-2-3-7-23(13)19(25)11-28-10-18(24)22-20-21-15(9-29-20)14-5-6-16-17(8-14)27-12-26-16/h5-6,8-9,13H,2-4,7,10-12H2,1H3,(H,21,22,24). The average molecular weight is 434 g/mol. The van der Waals surface area contributed by atoms with Crippen LogP contribution in [0.5, 0.6) is 11.5 Å². The molecule has 154 valence electrons. The predicted octanol–water partition coefficient (Wildman–Crippen LogP) is 3.61. The molecule has 0 bridgehead atoms. The van der Waals surface area contributed by atoms with Gasteiger partial charge in [-0.1, -0.05) is 0 Å². The van der Waals surface area contributed by atoms with Crippen molar-refractivity contribution in [3.8, 4) is 22.8 Å². The van der Waals surface area contributed by atoms with Crippen LogP contribution >= 0.6 is 23.1 Å². The SMILES string of the molecule is CC1CCCCN1C(=O)CSCC(=O)Nc1nc(-c2ccc3c(c2)OCO3)cs1. The Kier molecular flexibility index (Phi) is 6.25. The summed E-state index contributed by atoms with van der Waals surface area (Å²) in [5.74, 6) is 1.95. The Bertz CT molecular complexity index is 902. The summed E-state index contributed by atoms with van der Waals surface area (Å²) in [5, 5.41) is 5.24. The molecule has 0 radical (unpaired) electrons.